The van der Waals surface area contributed by atoms with Crippen LogP contribution in [0.4, 0.5) is 0 Å². The molecule has 1 saturated heterocycles. The average Bonchev–Trinajstić information content (AvgIpc) is 3.20. The van der Waals surface area contributed by atoms with Gasteiger partial charge in [-0.15, -0.1) is 10.2 Å². The molecule has 1 N–H and O–H groups in total. The molecule has 0 unspecified atom stereocenters. The third-order valence-corrected chi connectivity index (χ3v) is 6.38. The van der Waals surface area contributed by atoms with E-state index in [1.165, 1.54) is 28.7 Å². The van der Waals surface area contributed by atoms with Crippen molar-refractivity contribution in [1.82, 2.24) is 15.5 Å². The molecule has 0 aliphatic carbocycles. The van der Waals surface area contributed by atoms with Crippen LogP contribution in [0.3, 0.4) is 0 Å². The molecule has 6 nitrogen and oxygen atoms in total. The third-order valence-electron chi connectivity index (χ3n) is 4.52. The lowest BCUT2D eigenvalue weighted by atomic mass is 9.74. The van der Waals surface area contributed by atoms with Gasteiger partial charge in [0.05, 0.1) is 12.4 Å². The first-order valence-corrected chi connectivity index (χ1v) is 10.6. The van der Waals surface area contributed by atoms with Crippen LogP contribution in [0.25, 0.3) is 0 Å². The van der Waals surface area contributed by atoms with E-state index in [0.717, 1.165) is 22.9 Å². The summed E-state index contributed by atoms with van der Waals surface area (Å²) < 4.78 is 11.9. The summed E-state index contributed by atoms with van der Waals surface area (Å²) in [6, 6.07) is 8.23. The topological polar surface area (TPSA) is 73.3 Å². The molecule has 26 heavy (non-hydrogen) atoms. The maximum Gasteiger partial charge on any atom is 0.230 e. The van der Waals surface area contributed by atoms with Crippen molar-refractivity contribution in [3.05, 3.63) is 35.3 Å². The third kappa shape index (κ3) is 4.96. The highest BCUT2D eigenvalue weighted by atomic mass is 32.2. The summed E-state index contributed by atoms with van der Waals surface area (Å²) in [6.07, 6.45) is 1.79. The Morgan fingerprint density at radius 2 is 2.12 bits per heavy atom. The quantitative estimate of drug-likeness (QED) is 0.695. The minimum absolute atomic E-state index is 0.0157. The number of amides is 1. The molecule has 8 heteroatoms. The molecular weight excluding hydrogens is 370 g/mol. The number of hydrogen-bond donors (Lipinski definition) is 1. The van der Waals surface area contributed by atoms with Crippen molar-refractivity contribution in [2.45, 2.75) is 29.5 Å². The molecule has 1 fully saturated rings. The van der Waals surface area contributed by atoms with Gasteiger partial charge in [-0.2, -0.15) is 0 Å². The molecule has 0 bridgehead atoms. The highest BCUT2D eigenvalue weighted by Gasteiger charge is 2.34. The number of rotatable bonds is 8. The summed E-state index contributed by atoms with van der Waals surface area (Å²) in [4.78, 5) is 12.3. The van der Waals surface area contributed by atoms with Gasteiger partial charge in [-0.3, -0.25) is 4.79 Å². The van der Waals surface area contributed by atoms with Crippen molar-refractivity contribution in [3.8, 4) is 5.75 Å². The Labute approximate surface area is 161 Å². The van der Waals surface area contributed by atoms with Gasteiger partial charge in [-0.05, 0) is 37.5 Å². The second kappa shape index (κ2) is 9.34. The fraction of sp³-hybridized carbons (Fsp3) is 0.500. The number of ether oxygens (including phenoxy) is 2. The first kappa shape index (κ1) is 19.1. The number of nitrogens with zero attached hydrogens (tertiary/aromatic N) is 2. The highest BCUT2D eigenvalue weighted by Crippen LogP contribution is 2.35. The zero-order valence-corrected chi connectivity index (χ0v) is 16.4. The lowest BCUT2D eigenvalue weighted by Gasteiger charge is -2.38. The van der Waals surface area contributed by atoms with Crippen LogP contribution in [0.15, 0.2) is 34.1 Å². The molecule has 2 heterocycles. The lowest BCUT2D eigenvalue weighted by Crippen LogP contribution is -2.45. The van der Waals surface area contributed by atoms with Crippen molar-refractivity contribution in [1.29, 1.82) is 0 Å². The molecule has 0 saturated carbocycles. The maximum atomic E-state index is 12.3. The molecule has 2 aromatic rings. The Bertz CT molecular complexity index is 686. The van der Waals surface area contributed by atoms with Crippen LogP contribution in [0.5, 0.6) is 5.75 Å². The Balaban J connectivity index is 1.62. The molecule has 0 atom stereocenters. The number of nitrogens with one attached hydrogen (secondary N) is 1. The van der Waals surface area contributed by atoms with Gasteiger partial charge in [0.15, 0.2) is 4.34 Å². The number of hydrogen-bond acceptors (Lipinski definition) is 7. The number of carbonyl (C=O) groups excluding carboxylic acids is 1. The standard InChI is InChI=1S/C18H23N3O3S2/c1-2-24-15-5-3-14(4-6-15)18(7-9-23-10-8-18)12-19-16(22)11-25-17-21-20-13-26-17/h3-6,13H,2,7-12H2,1H3,(H,19,22). The summed E-state index contributed by atoms with van der Waals surface area (Å²) >= 11 is 2.86. The minimum Gasteiger partial charge on any atom is -0.494 e. The highest BCUT2D eigenvalue weighted by molar-refractivity contribution is 8.01. The second-order valence-electron chi connectivity index (χ2n) is 6.12. The zero-order chi connectivity index (χ0) is 18.2. The second-order valence-corrected chi connectivity index (χ2v) is 8.18. The predicted octanol–water partition coefficient (Wildman–Crippen LogP) is 2.89. The molecule has 1 aliphatic rings. The van der Waals surface area contributed by atoms with Crippen molar-refractivity contribution >= 4 is 29.0 Å². The molecule has 140 valence electrons. The summed E-state index contributed by atoms with van der Waals surface area (Å²) in [7, 11) is 0. The van der Waals surface area contributed by atoms with Gasteiger partial charge in [0, 0.05) is 25.2 Å². The summed E-state index contributed by atoms with van der Waals surface area (Å²) in [5.74, 6) is 1.24. The first-order valence-electron chi connectivity index (χ1n) is 8.68. The molecule has 3 rings (SSSR count). The largest absolute Gasteiger partial charge is 0.494 e. The van der Waals surface area contributed by atoms with E-state index in [1.807, 2.05) is 19.1 Å². The van der Waals surface area contributed by atoms with Gasteiger partial charge in [0.2, 0.25) is 5.91 Å². The van der Waals surface area contributed by atoms with E-state index in [0.29, 0.717) is 32.1 Å². The summed E-state index contributed by atoms with van der Waals surface area (Å²) in [5, 5.41) is 10.8. The average molecular weight is 394 g/mol. The molecular formula is C18H23N3O3S2. The van der Waals surface area contributed by atoms with Gasteiger partial charge in [-0.25, -0.2) is 0 Å². The van der Waals surface area contributed by atoms with Crippen LogP contribution in [-0.2, 0) is 14.9 Å². The van der Waals surface area contributed by atoms with E-state index in [9.17, 15) is 4.79 Å². The zero-order valence-electron chi connectivity index (χ0n) is 14.8. The van der Waals surface area contributed by atoms with Crippen molar-refractivity contribution in [2.24, 2.45) is 0 Å². The van der Waals surface area contributed by atoms with Gasteiger partial charge in [0.1, 0.15) is 11.3 Å². The Morgan fingerprint density at radius 1 is 1.35 bits per heavy atom. The number of thioether (sulfide) groups is 1. The molecule has 1 aromatic carbocycles. The lowest BCUT2D eigenvalue weighted by molar-refractivity contribution is -0.119. The Hall–Kier alpha value is -1.64. The van der Waals surface area contributed by atoms with Gasteiger partial charge in [0.25, 0.3) is 0 Å². The fourth-order valence-corrected chi connectivity index (χ4v) is 4.39. The minimum atomic E-state index is -0.0912. The van der Waals surface area contributed by atoms with Crippen molar-refractivity contribution in [3.63, 3.8) is 0 Å². The molecule has 1 amide bonds. The molecule has 1 aromatic heterocycles. The summed E-state index contributed by atoms with van der Waals surface area (Å²) in [6.45, 7) is 4.66. The number of aromatic nitrogens is 2. The van der Waals surface area contributed by atoms with Crippen LogP contribution in [0, 0.1) is 0 Å². The Morgan fingerprint density at radius 3 is 2.77 bits per heavy atom. The number of benzene rings is 1. The number of carbonyl (C=O) groups is 1. The van der Waals surface area contributed by atoms with Crippen LogP contribution >= 0.6 is 23.1 Å². The maximum absolute atomic E-state index is 12.3. The molecule has 0 spiro atoms. The van der Waals surface area contributed by atoms with E-state index in [-0.39, 0.29) is 11.3 Å². The van der Waals surface area contributed by atoms with Gasteiger partial charge < -0.3 is 14.8 Å². The van der Waals surface area contributed by atoms with E-state index in [4.69, 9.17) is 9.47 Å². The van der Waals surface area contributed by atoms with Crippen LogP contribution in [0.2, 0.25) is 0 Å². The van der Waals surface area contributed by atoms with Crippen molar-refractivity contribution in [2.75, 3.05) is 32.1 Å². The van der Waals surface area contributed by atoms with E-state index >= 15 is 0 Å². The van der Waals surface area contributed by atoms with E-state index in [2.05, 4.69) is 27.6 Å². The van der Waals surface area contributed by atoms with Crippen LogP contribution < -0.4 is 10.1 Å². The van der Waals surface area contributed by atoms with Crippen LogP contribution in [-0.4, -0.2) is 48.2 Å². The summed E-state index contributed by atoms with van der Waals surface area (Å²) in [5.41, 5.74) is 2.80. The van der Waals surface area contributed by atoms with Crippen molar-refractivity contribution < 1.29 is 14.3 Å². The predicted molar refractivity (Wildman–Crippen MR) is 103 cm³/mol. The smallest absolute Gasteiger partial charge is 0.230 e. The fourth-order valence-electron chi connectivity index (χ4n) is 3.07. The first-order chi connectivity index (χ1) is 12.7. The van der Waals surface area contributed by atoms with E-state index in [1.54, 1.807) is 5.51 Å². The normalized spacial score (nSPS) is 16.2. The molecule has 0 radical (unpaired) electrons. The molecule has 1 aliphatic heterocycles. The van der Waals surface area contributed by atoms with Gasteiger partial charge in [-0.1, -0.05) is 35.2 Å². The Kier molecular flexibility index (Phi) is 6.87. The van der Waals surface area contributed by atoms with Gasteiger partial charge >= 0.3 is 0 Å². The van der Waals surface area contributed by atoms with Crippen LogP contribution in [0.1, 0.15) is 25.3 Å². The van der Waals surface area contributed by atoms with E-state index < -0.39 is 0 Å². The monoisotopic (exact) mass is 393 g/mol. The SMILES string of the molecule is CCOc1ccc(C2(CNC(=O)CSc3nncs3)CCOCC2)cc1.